The fraction of sp³-hybridized carbons (Fsp3) is 0.762. The van der Waals surface area contributed by atoms with Crippen LogP contribution in [0.3, 0.4) is 0 Å². The van der Waals surface area contributed by atoms with E-state index in [-0.39, 0.29) is 5.57 Å². The first kappa shape index (κ1) is 41.6. The SMILES string of the molecule is CCCCCCCCCCCCCCCCNC(NCCCCCCCCCCCCCCCC)=c1ccc(=C(C#N)C#N)cc1. The molecule has 0 radical (unpaired) electrons. The lowest BCUT2D eigenvalue weighted by Gasteiger charge is -2.14. The van der Waals surface area contributed by atoms with Crippen LogP contribution in [0.15, 0.2) is 24.3 Å². The van der Waals surface area contributed by atoms with Crippen molar-refractivity contribution in [2.24, 2.45) is 0 Å². The maximum absolute atomic E-state index is 9.22. The number of nitrogens with one attached hydrogen (secondary N) is 2. The molecule has 0 saturated carbocycles. The second kappa shape index (κ2) is 32.5. The van der Waals surface area contributed by atoms with E-state index >= 15 is 0 Å². The number of nitrogens with zero attached hydrogens (tertiary/aromatic N) is 2. The maximum atomic E-state index is 9.22. The fourth-order valence-electron chi connectivity index (χ4n) is 6.29. The monoisotopic (exact) mass is 633 g/mol. The third kappa shape index (κ3) is 23.8. The van der Waals surface area contributed by atoms with Crippen LogP contribution in [-0.4, -0.2) is 13.1 Å². The highest BCUT2D eigenvalue weighted by Crippen LogP contribution is 2.14. The summed E-state index contributed by atoms with van der Waals surface area (Å²) < 4.78 is 0. The van der Waals surface area contributed by atoms with Crippen LogP contribution in [0, 0.1) is 22.7 Å². The average molecular weight is 633 g/mol. The van der Waals surface area contributed by atoms with Crippen molar-refractivity contribution in [3.05, 3.63) is 34.7 Å². The van der Waals surface area contributed by atoms with Gasteiger partial charge in [-0.3, -0.25) is 0 Å². The molecule has 0 amide bonds. The van der Waals surface area contributed by atoms with Crippen molar-refractivity contribution in [3.8, 4) is 12.1 Å². The van der Waals surface area contributed by atoms with Crippen LogP contribution < -0.4 is 21.1 Å². The zero-order valence-electron chi connectivity index (χ0n) is 30.4. The molecule has 0 bridgehead atoms. The predicted octanol–water partition coefficient (Wildman–Crippen LogP) is 11.1. The average Bonchev–Trinajstić information content (AvgIpc) is 3.08. The maximum Gasteiger partial charge on any atom is 0.136 e. The Kier molecular flexibility index (Phi) is 29.3. The van der Waals surface area contributed by atoms with Crippen LogP contribution in [0.4, 0.5) is 0 Å². The van der Waals surface area contributed by atoms with E-state index in [1.807, 2.05) is 36.4 Å². The lowest BCUT2D eigenvalue weighted by atomic mass is 10.0. The molecular formula is C42H72N4. The first-order valence-corrected chi connectivity index (χ1v) is 19.9. The third-order valence-electron chi connectivity index (χ3n) is 9.35. The number of hydrogen-bond donors (Lipinski definition) is 2. The second-order valence-electron chi connectivity index (χ2n) is 13.6. The molecule has 0 unspecified atom stereocenters. The molecule has 0 spiro atoms. The molecule has 0 heterocycles. The van der Waals surface area contributed by atoms with Gasteiger partial charge in [0.2, 0.25) is 0 Å². The zero-order valence-corrected chi connectivity index (χ0v) is 30.4. The molecule has 0 aliphatic rings. The first-order chi connectivity index (χ1) is 22.8. The Morgan fingerprint density at radius 2 is 0.674 bits per heavy atom. The summed E-state index contributed by atoms with van der Waals surface area (Å²) >= 11 is 0. The molecule has 4 nitrogen and oxygen atoms in total. The first-order valence-electron chi connectivity index (χ1n) is 19.9. The van der Waals surface area contributed by atoms with Crippen LogP contribution in [0.1, 0.15) is 194 Å². The van der Waals surface area contributed by atoms with Gasteiger partial charge in [-0.2, -0.15) is 10.5 Å². The van der Waals surface area contributed by atoms with Gasteiger partial charge >= 0.3 is 0 Å². The van der Waals surface area contributed by atoms with Crippen molar-refractivity contribution in [1.29, 1.82) is 10.5 Å². The number of rotatable bonds is 32. The zero-order chi connectivity index (χ0) is 33.2. The molecule has 0 atom stereocenters. The minimum absolute atomic E-state index is 0.166. The molecule has 1 aromatic rings. The molecule has 0 saturated heterocycles. The Labute approximate surface area is 285 Å². The standard InChI is InChI=1S/C42H72N4/c1-3-5-7-9-11-13-15-17-19-21-23-25-27-29-35-45-42(40-33-31-39(32-34-40)41(37-43)38-44)46-36-30-28-26-24-22-20-18-16-14-12-10-8-6-4-2/h31-34,45-46H,3-30,35-36H2,1-2H3. The van der Waals surface area contributed by atoms with Crippen molar-refractivity contribution in [2.75, 3.05) is 13.1 Å². The Bertz CT molecular complexity index is 956. The minimum atomic E-state index is 0.166. The summed E-state index contributed by atoms with van der Waals surface area (Å²) in [4.78, 5) is 0. The molecular weight excluding hydrogens is 560 g/mol. The van der Waals surface area contributed by atoms with Crippen LogP contribution in [0.5, 0.6) is 0 Å². The van der Waals surface area contributed by atoms with E-state index in [1.54, 1.807) is 0 Å². The Hall–Kier alpha value is -2.46. The Morgan fingerprint density at radius 1 is 0.413 bits per heavy atom. The molecule has 46 heavy (non-hydrogen) atoms. The van der Waals surface area contributed by atoms with E-state index in [9.17, 15) is 10.5 Å². The number of benzene rings is 1. The van der Waals surface area contributed by atoms with Gasteiger partial charge in [0.25, 0.3) is 0 Å². The molecule has 4 heteroatoms. The lowest BCUT2D eigenvalue weighted by molar-refractivity contribution is 0.531. The molecule has 260 valence electrons. The van der Waals surface area contributed by atoms with E-state index in [0.717, 1.165) is 24.1 Å². The minimum Gasteiger partial charge on any atom is -0.371 e. The summed E-state index contributed by atoms with van der Waals surface area (Å²) in [5.74, 6) is 1.08. The van der Waals surface area contributed by atoms with Gasteiger partial charge in [-0.15, -0.1) is 0 Å². The molecule has 0 fully saturated rings. The normalized spacial score (nSPS) is 10.8. The number of nitriles is 2. The quantitative estimate of drug-likeness (QED) is 0.0775. The van der Waals surface area contributed by atoms with Crippen molar-refractivity contribution in [2.45, 2.75) is 194 Å². The van der Waals surface area contributed by atoms with Gasteiger partial charge < -0.3 is 10.6 Å². The summed E-state index contributed by atoms with van der Waals surface area (Å²) in [6.45, 7) is 6.51. The van der Waals surface area contributed by atoms with Gasteiger partial charge in [-0.1, -0.05) is 205 Å². The summed E-state index contributed by atoms with van der Waals surface area (Å²) in [6.07, 6.45) is 38.5. The van der Waals surface area contributed by atoms with E-state index in [2.05, 4.69) is 24.5 Å². The van der Waals surface area contributed by atoms with Gasteiger partial charge in [-0.25, -0.2) is 0 Å². The van der Waals surface area contributed by atoms with Crippen LogP contribution in [0.2, 0.25) is 0 Å². The summed E-state index contributed by atoms with van der Waals surface area (Å²) in [6, 6.07) is 11.8. The van der Waals surface area contributed by atoms with Crippen molar-refractivity contribution >= 4 is 11.4 Å². The van der Waals surface area contributed by atoms with Crippen LogP contribution in [-0.2, 0) is 0 Å². The predicted molar refractivity (Wildman–Crippen MR) is 200 cm³/mol. The van der Waals surface area contributed by atoms with Crippen molar-refractivity contribution < 1.29 is 0 Å². The van der Waals surface area contributed by atoms with E-state index < -0.39 is 0 Å². The van der Waals surface area contributed by atoms with E-state index in [1.165, 1.54) is 180 Å². The van der Waals surface area contributed by atoms with E-state index in [0.29, 0.717) is 5.22 Å². The van der Waals surface area contributed by atoms with Crippen molar-refractivity contribution in [3.63, 3.8) is 0 Å². The fourth-order valence-corrected chi connectivity index (χ4v) is 6.29. The van der Waals surface area contributed by atoms with Gasteiger partial charge in [0.1, 0.15) is 23.5 Å². The molecule has 0 aromatic heterocycles. The lowest BCUT2D eigenvalue weighted by Crippen LogP contribution is -2.33. The van der Waals surface area contributed by atoms with Crippen LogP contribution in [0.25, 0.3) is 11.4 Å². The van der Waals surface area contributed by atoms with Gasteiger partial charge in [-0.05, 0) is 12.8 Å². The Morgan fingerprint density at radius 3 is 0.957 bits per heavy atom. The third-order valence-corrected chi connectivity index (χ3v) is 9.35. The van der Waals surface area contributed by atoms with E-state index in [4.69, 9.17) is 0 Å². The Balaban J connectivity index is 2.29. The molecule has 0 aliphatic carbocycles. The molecule has 2 N–H and O–H groups in total. The number of hydrogen-bond acceptors (Lipinski definition) is 4. The van der Waals surface area contributed by atoms with Gasteiger partial charge in [0.15, 0.2) is 0 Å². The summed E-state index contributed by atoms with van der Waals surface area (Å²) in [5.41, 5.74) is 0.166. The molecule has 0 aliphatic heterocycles. The number of unbranched alkanes of at least 4 members (excludes halogenated alkanes) is 26. The summed E-state index contributed by atoms with van der Waals surface area (Å²) in [5, 5.41) is 27.6. The van der Waals surface area contributed by atoms with Crippen molar-refractivity contribution in [1.82, 2.24) is 10.6 Å². The highest BCUT2D eigenvalue weighted by atomic mass is 15.1. The molecule has 1 aromatic carbocycles. The highest BCUT2D eigenvalue weighted by molar-refractivity contribution is 5.72. The van der Waals surface area contributed by atoms with Gasteiger partial charge in [0.05, 0.1) is 0 Å². The van der Waals surface area contributed by atoms with Gasteiger partial charge in [0, 0.05) is 23.5 Å². The highest BCUT2D eigenvalue weighted by Gasteiger charge is 2.01. The largest absolute Gasteiger partial charge is 0.371 e. The summed E-state index contributed by atoms with van der Waals surface area (Å²) in [7, 11) is 0. The molecule has 1 rings (SSSR count). The smallest absolute Gasteiger partial charge is 0.136 e. The topological polar surface area (TPSA) is 71.6 Å². The second-order valence-corrected chi connectivity index (χ2v) is 13.6. The van der Waals surface area contributed by atoms with Crippen LogP contribution >= 0.6 is 0 Å².